The highest BCUT2D eigenvalue weighted by Gasteiger charge is 2.14. The molecule has 7 nitrogen and oxygen atoms in total. The minimum Gasteiger partial charge on any atom is -0.340 e. The van der Waals surface area contributed by atoms with Crippen molar-refractivity contribution in [3.63, 3.8) is 0 Å². The van der Waals surface area contributed by atoms with Gasteiger partial charge in [0.15, 0.2) is 0 Å². The van der Waals surface area contributed by atoms with E-state index in [1.54, 1.807) is 43.3 Å². The highest BCUT2D eigenvalue weighted by molar-refractivity contribution is 6.30. The van der Waals surface area contributed by atoms with Gasteiger partial charge in [-0.25, -0.2) is 4.98 Å². The lowest BCUT2D eigenvalue weighted by molar-refractivity contribution is 0.101. The van der Waals surface area contributed by atoms with Gasteiger partial charge < -0.3 is 15.2 Å². The number of fused-ring (bicyclic) bond motifs is 1. The van der Waals surface area contributed by atoms with Crippen LogP contribution in [0.1, 0.15) is 16.1 Å². The molecule has 1 amide bonds. The van der Waals surface area contributed by atoms with Gasteiger partial charge in [-0.15, -0.1) is 0 Å². The number of aromatic amines is 1. The van der Waals surface area contributed by atoms with E-state index in [0.717, 1.165) is 22.2 Å². The summed E-state index contributed by atoms with van der Waals surface area (Å²) in [5.74, 6) is 0.127. The fourth-order valence-electron chi connectivity index (χ4n) is 3.96. The van der Waals surface area contributed by atoms with Gasteiger partial charge in [0, 0.05) is 45.5 Å². The quantitative estimate of drug-likeness (QED) is 0.291. The first-order valence-corrected chi connectivity index (χ1v) is 11.4. The van der Waals surface area contributed by atoms with Crippen LogP contribution in [-0.4, -0.2) is 20.4 Å². The molecule has 0 radical (unpaired) electrons. The van der Waals surface area contributed by atoms with E-state index in [4.69, 9.17) is 11.6 Å². The summed E-state index contributed by atoms with van der Waals surface area (Å²) in [6.45, 7) is 1.73. The third kappa shape index (κ3) is 4.54. The van der Waals surface area contributed by atoms with Crippen LogP contribution in [0.15, 0.2) is 83.7 Å². The number of aromatic nitrogens is 3. The van der Waals surface area contributed by atoms with E-state index >= 15 is 0 Å². The standard InChI is InChI=1S/C27H22ClN5O2/c1-16-24(31-27(32-25(16)34)30-21-13-9-19(28)10-14-21)17-7-11-20(12-8-17)29-26(35)23-15-18-5-3-4-6-22(18)33(23)2/h3-15H,1-2H3,(H,29,35)(H2,30,31,32,34). The number of carbonyl (C=O) groups is 1. The molecule has 174 valence electrons. The lowest BCUT2D eigenvalue weighted by Crippen LogP contribution is -2.16. The second kappa shape index (κ2) is 9.12. The second-order valence-corrected chi connectivity index (χ2v) is 8.64. The van der Waals surface area contributed by atoms with Gasteiger partial charge in [0.25, 0.3) is 11.5 Å². The molecule has 0 unspecified atom stereocenters. The maximum atomic E-state index is 12.9. The van der Waals surface area contributed by atoms with Crippen molar-refractivity contribution >= 4 is 45.7 Å². The molecule has 0 atom stereocenters. The van der Waals surface area contributed by atoms with Crippen LogP contribution in [0, 0.1) is 6.92 Å². The molecule has 0 spiro atoms. The Morgan fingerprint density at radius 3 is 2.37 bits per heavy atom. The number of rotatable bonds is 5. The zero-order valence-corrected chi connectivity index (χ0v) is 19.9. The molecule has 0 saturated carbocycles. The average molecular weight is 484 g/mol. The molecule has 0 fully saturated rings. The monoisotopic (exact) mass is 483 g/mol. The van der Waals surface area contributed by atoms with Gasteiger partial charge in [-0.2, -0.15) is 0 Å². The van der Waals surface area contributed by atoms with Gasteiger partial charge in [-0.3, -0.25) is 14.6 Å². The third-order valence-corrected chi connectivity index (χ3v) is 6.11. The number of halogens is 1. The number of aryl methyl sites for hydroxylation is 1. The van der Waals surface area contributed by atoms with Gasteiger partial charge in [0.05, 0.1) is 5.69 Å². The molecule has 0 aliphatic carbocycles. The van der Waals surface area contributed by atoms with Gasteiger partial charge in [0.1, 0.15) is 5.69 Å². The molecule has 0 aliphatic heterocycles. The maximum absolute atomic E-state index is 12.9. The molecule has 2 heterocycles. The molecule has 3 N–H and O–H groups in total. The van der Waals surface area contributed by atoms with E-state index in [2.05, 4.69) is 20.6 Å². The highest BCUT2D eigenvalue weighted by atomic mass is 35.5. The third-order valence-electron chi connectivity index (χ3n) is 5.86. The van der Waals surface area contributed by atoms with Crippen LogP contribution < -0.4 is 16.2 Å². The first-order valence-electron chi connectivity index (χ1n) is 11.0. The van der Waals surface area contributed by atoms with Gasteiger partial charge >= 0.3 is 0 Å². The summed E-state index contributed by atoms with van der Waals surface area (Å²) in [4.78, 5) is 32.8. The van der Waals surface area contributed by atoms with E-state index in [0.29, 0.717) is 33.6 Å². The predicted molar refractivity (Wildman–Crippen MR) is 141 cm³/mol. The largest absolute Gasteiger partial charge is 0.340 e. The number of H-pyrrole nitrogens is 1. The smallest absolute Gasteiger partial charge is 0.272 e. The van der Waals surface area contributed by atoms with Crippen molar-refractivity contribution in [3.8, 4) is 11.3 Å². The zero-order chi connectivity index (χ0) is 24.5. The average Bonchev–Trinajstić information content (AvgIpc) is 3.20. The number of amides is 1. The highest BCUT2D eigenvalue weighted by Crippen LogP contribution is 2.24. The van der Waals surface area contributed by atoms with Crippen LogP contribution in [-0.2, 0) is 7.05 Å². The Morgan fingerprint density at radius 1 is 0.971 bits per heavy atom. The van der Waals surface area contributed by atoms with E-state index < -0.39 is 0 Å². The fourth-order valence-corrected chi connectivity index (χ4v) is 4.08. The van der Waals surface area contributed by atoms with Gasteiger partial charge in [-0.05, 0) is 55.5 Å². The minimum absolute atomic E-state index is 0.198. The summed E-state index contributed by atoms with van der Waals surface area (Å²) < 4.78 is 1.87. The van der Waals surface area contributed by atoms with Crippen LogP contribution in [0.2, 0.25) is 5.02 Å². The first kappa shape index (κ1) is 22.4. The number of nitrogens with zero attached hydrogens (tertiary/aromatic N) is 2. The van der Waals surface area contributed by atoms with Crippen LogP contribution in [0.4, 0.5) is 17.3 Å². The van der Waals surface area contributed by atoms with E-state index in [1.807, 2.05) is 54.1 Å². The molecule has 5 rings (SSSR count). The molecule has 3 aromatic carbocycles. The SMILES string of the molecule is Cc1c(-c2ccc(NC(=O)c3cc4ccccc4n3C)cc2)nc(Nc2ccc(Cl)cc2)[nH]c1=O. The molecular weight excluding hydrogens is 462 g/mol. The van der Waals surface area contributed by atoms with Crippen molar-refractivity contribution < 1.29 is 4.79 Å². The van der Waals surface area contributed by atoms with Crippen molar-refractivity contribution in [1.29, 1.82) is 0 Å². The van der Waals surface area contributed by atoms with E-state index in [-0.39, 0.29) is 11.5 Å². The normalized spacial score (nSPS) is 10.9. The summed E-state index contributed by atoms with van der Waals surface area (Å²) in [6.07, 6.45) is 0. The van der Waals surface area contributed by atoms with Crippen molar-refractivity contribution in [3.05, 3.63) is 105 Å². The van der Waals surface area contributed by atoms with Crippen LogP contribution >= 0.6 is 11.6 Å². The predicted octanol–water partition coefficient (Wildman–Crippen LogP) is 5.89. The number of carbonyl (C=O) groups excluding carboxylic acids is 1. The number of benzene rings is 3. The van der Waals surface area contributed by atoms with E-state index in [9.17, 15) is 9.59 Å². The molecule has 0 bridgehead atoms. The molecular formula is C27H22ClN5O2. The Labute approximate surface area is 206 Å². The Hall–Kier alpha value is -4.36. The van der Waals surface area contributed by atoms with E-state index in [1.165, 1.54) is 0 Å². The Morgan fingerprint density at radius 2 is 1.66 bits per heavy atom. The number of anilines is 3. The molecule has 5 aromatic rings. The van der Waals surface area contributed by atoms with Gasteiger partial charge in [0.2, 0.25) is 5.95 Å². The molecule has 0 aliphatic rings. The fraction of sp³-hybridized carbons (Fsp3) is 0.0741. The molecule has 2 aromatic heterocycles. The zero-order valence-electron chi connectivity index (χ0n) is 19.1. The lowest BCUT2D eigenvalue weighted by atomic mass is 10.1. The molecule has 35 heavy (non-hydrogen) atoms. The number of nitrogens with one attached hydrogen (secondary N) is 3. The topological polar surface area (TPSA) is 91.8 Å². The van der Waals surface area contributed by atoms with Crippen molar-refractivity contribution in [2.24, 2.45) is 7.05 Å². The van der Waals surface area contributed by atoms with Crippen molar-refractivity contribution in [2.75, 3.05) is 10.6 Å². The number of para-hydroxylation sites is 1. The van der Waals surface area contributed by atoms with Crippen LogP contribution in [0.25, 0.3) is 22.2 Å². The van der Waals surface area contributed by atoms with Crippen LogP contribution in [0.3, 0.4) is 0 Å². The summed E-state index contributed by atoms with van der Waals surface area (Å²) in [7, 11) is 1.87. The summed E-state index contributed by atoms with van der Waals surface area (Å²) in [5.41, 5.74) is 4.53. The maximum Gasteiger partial charge on any atom is 0.272 e. The number of hydrogen-bond donors (Lipinski definition) is 3. The number of hydrogen-bond acceptors (Lipinski definition) is 4. The Bertz CT molecular complexity index is 1600. The first-order chi connectivity index (χ1) is 16.9. The van der Waals surface area contributed by atoms with Gasteiger partial charge in [-0.1, -0.05) is 41.9 Å². The summed E-state index contributed by atoms with van der Waals surface area (Å²) >= 11 is 5.94. The second-order valence-electron chi connectivity index (χ2n) is 8.20. The molecule has 8 heteroatoms. The summed E-state index contributed by atoms with van der Waals surface area (Å²) in [6, 6.07) is 24.1. The molecule has 0 saturated heterocycles. The van der Waals surface area contributed by atoms with Crippen LogP contribution in [0.5, 0.6) is 0 Å². The van der Waals surface area contributed by atoms with Crippen molar-refractivity contribution in [1.82, 2.24) is 14.5 Å². The lowest BCUT2D eigenvalue weighted by Gasteiger charge is -2.11. The Kier molecular flexibility index (Phi) is 5.84. The summed E-state index contributed by atoms with van der Waals surface area (Å²) in [5, 5.41) is 7.67. The van der Waals surface area contributed by atoms with Crippen molar-refractivity contribution in [2.45, 2.75) is 6.92 Å². The minimum atomic E-state index is -0.236. The Balaban J connectivity index is 1.38.